The molecule has 0 saturated heterocycles. The molecule has 0 amide bonds. The van der Waals surface area contributed by atoms with Crippen LogP contribution in [-0.2, 0) is 6.42 Å². The molecule has 1 aliphatic carbocycles. The van der Waals surface area contributed by atoms with Gasteiger partial charge in [-0.1, -0.05) is 38.1 Å². The zero-order valence-electron chi connectivity index (χ0n) is 26.1. The minimum absolute atomic E-state index is 0.101. The second-order valence-electron chi connectivity index (χ2n) is 12.2. The molecule has 0 bridgehead atoms. The van der Waals surface area contributed by atoms with Crippen molar-refractivity contribution >= 4 is 24.3 Å². The van der Waals surface area contributed by atoms with Gasteiger partial charge in [0.2, 0.25) is 0 Å². The number of aliphatic hydroxyl groups excluding tert-OH is 1. The van der Waals surface area contributed by atoms with Crippen LogP contribution in [0.2, 0.25) is 0 Å². The van der Waals surface area contributed by atoms with Crippen molar-refractivity contribution in [3.8, 4) is 34.5 Å². The van der Waals surface area contributed by atoms with E-state index in [0.717, 1.165) is 47.3 Å². The Kier molecular flexibility index (Phi) is 8.39. The number of rotatable bonds is 8. The van der Waals surface area contributed by atoms with E-state index < -0.39 is 0 Å². The van der Waals surface area contributed by atoms with Gasteiger partial charge >= 0.3 is 0 Å². The number of benzene rings is 3. The van der Waals surface area contributed by atoms with Gasteiger partial charge in [0.15, 0.2) is 23.0 Å². The van der Waals surface area contributed by atoms with E-state index in [1.807, 2.05) is 54.6 Å². The van der Waals surface area contributed by atoms with Crippen molar-refractivity contribution in [1.82, 2.24) is 0 Å². The van der Waals surface area contributed by atoms with Gasteiger partial charge in [-0.05, 0) is 96.3 Å². The smallest absolute Gasteiger partial charge is 0.165 e. The molecule has 3 aromatic carbocycles. The first-order valence-electron chi connectivity index (χ1n) is 14.6. The van der Waals surface area contributed by atoms with Crippen molar-refractivity contribution in [2.75, 3.05) is 28.4 Å². The van der Waals surface area contributed by atoms with Crippen LogP contribution in [0.5, 0.6) is 34.5 Å². The molecule has 1 saturated carbocycles. The fourth-order valence-electron chi connectivity index (χ4n) is 6.64. The summed E-state index contributed by atoms with van der Waals surface area (Å²) < 4.78 is 28.8. The molecule has 2 aliphatic rings. The predicted molar refractivity (Wildman–Crippen MR) is 170 cm³/mol. The maximum Gasteiger partial charge on any atom is 0.165 e. The molecule has 0 unspecified atom stereocenters. The first-order chi connectivity index (χ1) is 20.5. The number of hydrogen-bond donors (Lipinski definition) is 2. The van der Waals surface area contributed by atoms with Crippen LogP contribution in [0.1, 0.15) is 61.4 Å². The zero-order chi connectivity index (χ0) is 30.9. The van der Waals surface area contributed by atoms with Gasteiger partial charge in [-0.2, -0.15) is 0 Å². The normalized spacial score (nSPS) is 22.5. The average molecular weight is 587 g/mol. The lowest BCUT2D eigenvalue weighted by Crippen LogP contribution is -2.58. The van der Waals surface area contributed by atoms with Crippen LogP contribution in [0.25, 0.3) is 24.3 Å². The summed E-state index contributed by atoms with van der Waals surface area (Å²) in [5.41, 5.74) is 3.64. The molecular formula is C36H42O7. The first-order valence-corrected chi connectivity index (χ1v) is 14.6. The molecular weight excluding hydrogens is 544 g/mol. The first kappa shape index (κ1) is 30.4. The third-order valence-corrected chi connectivity index (χ3v) is 9.22. The molecule has 228 valence electrons. The number of hydrogen-bond acceptors (Lipinski definition) is 7. The third-order valence-electron chi connectivity index (χ3n) is 9.22. The number of phenols is 1. The Balaban J connectivity index is 1.42. The Labute approximate surface area is 254 Å². The molecule has 43 heavy (non-hydrogen) atoms. The van der Waals surface area contributed by atoms with Crippen molar-refractivity contribution in [2.45, 2.75) is 51.7 Å². The van der Waals surface area contributed by atoms with Crippen molar-refractivity contribution in [2.24, 2.45) is 11.3 Å². The van der Waals surface area contributed by atoms with E-state index in [9.17, 15) is 10.2 Å². The molecule has 1 fully saturated rings. The predicted octanol–water partition coefficient (Wildman–Crippen LogP) is 7.26. The number of methoxy groups -OCH3 is 4. The van der Waals surface area contributed by atoms with Crippen molar-refractivity contribution in [3.63, 3.8) is 0 Å². The molecule has 7 heteroatoms. The van der Waals surface area contributed by atoms with Gasteiger partial charge in [-0.3, -0.25) is 0 Å². The molecule has 0 radical (unpaired) electrons. The van der Waals surface area contributed by atoms with E-state index in [0.29, 0.717) is 28.6 Å². The van der Waals surface area contributed by atoms with Crippen LogP contribution in [0, 0.1) is 11.3 Å². The summed E-state index contributed by atoms with van der Waals surface area (Å²) in [7, 11) is 6.44. The van der Waals surface area contributed by atoms with Crippen LogP contribution < -0.4 is 23.7 Å². The van der Waals surface area contributed by atoms with Crippen LogP contribution in [0.4, 0.5) is 0 Å². The van der Waals surface area contributed by atoms with Gasteiger partial charge in [0.25, 0.3) is 0 Å². The average Bonchev–Trinajstić information content (AvgIpc) is 3.00. The second-order valence-corrected chi connectivity index (χ2v) is 12.2. The highest BCUT2D eigenvalue weighted by molar-refractivity contribution is 5.80. The molecule has 0 aromatic heterocycles. The van der Waals surface area contributed by atoms with E-state index in [4.69, 9.17) is 23.7 Å². The lowest BCUT2D eigenvalue weighted by atomic mass is 9.57. The number of aromatic hydroxyl groups is 1. The molecule has 5 rings (SSSR count). The molecule has 2 N–H and O–H groups in total. The topological polar surface area (TPSA) is 86.6 Å². The van der Waals surface area contributed by atoms with Crippen LogP contribution >= 0.6 is 0 Å². The molecule has 1 heterocycles. The summed E-state index contributed by atoms with van der Waals surface area (Å²) in [5.74, 6) is 3.57. The maximum atomic E-state index is 10.9. The monoisotopic (exact) mass is 586 g/mol. The van der Waals surface area contributed by atoms with Crippen LogP contribution in [-0.4, -0.2) is 50.4 Å². The van der Waals surface area contributed by atoms with Crippen molar-refractivity contribution in [1.29, 1.82) is 0 Å². The fourth-order valence-corrected chi connectivity index (χ4v) is 6.64. The summed E-state index contributed by atoms with van der Waals surface area (Å²) in [5, 5.41) is 21.7. The Bertz CT molecular complexity index is 1550. The van der Waals surface area contributed by atoms with E-state index in [2.05, 4.69) is 26.8 Å². The van der Waals surface area contributed by atoms with Gasteiger partial charge in [0.1, 0.15) is 17.1 Å². The standard InChI is InChI=1S/C36H42O7/c1-35(2)32-21-25-16-23(20-31(42-7)34(25)43-36(32,3)15-14-33(35)38)8-9-24-17-27(37)26(29(19-24)40-5)12-10-22-11-13-28(39-4)30(18-22)41-6/h8-13,16-20,32-33,37-38H,14-15,21H2,1-7H3/b9-8+,12-10+/t32-,33-,36-/m1/s1. The Morgan fingerprint density at radius 3 is 2.02 bits per heavy atom. The fraction of sp³-hybridized carbons (Fsp3) is 0.389. The summed E-state index contributed by atoms with van der Waals surface area (Å²) in [6, 6.07) is 13.3. The highest BCUT2D eigenvalue weighted by Gasteiger charge is 2.54. The highest BCUT2D eigenvalue weighted by atomic mass is 16.5. The Hall–Kier alpha value is -4.10. The Morgan fingerprint density at radius 2 is 1.35 bits per heavy atom. The van der Waals surface area contributed by atoms with Crippen LogP contribution in [0.3, 0.4) is 0 Å². The van der Waals surface area contributed by atoms with Crippen LogP contribution in [0.15, 0.2) is 42.5 Å². The van der Waals surface area contributed by atoms with E-state index in [1.165, 1.54) is 0 Å². The van der Waals surface area contributed by atoms with Gasteiger partial charge in [-0.15, -0.1) is 0 Å². The quantitative estimate of drug-likeness (QED) is 0.269. The highest BCUT2D eigenvalue weighted by Crippen LogP contribution is 2.55. The molecule has 7 nitrogen and oxygen atoms in total. The molecule has 3 aromatic rings. The molecule has 1 aliphatic heterocycles. The molecule has 0 spiro atoms. The minimum atomic E-state index is -0.361. The lowest BCUT2D eigenvalue weighted by molar-refractivity contribution is -0.138. The number of ether oxygens (including phenoxy) is 5. The van der Waals surface area contributed by atoms with Crippen molar-refractivity contribution in [3.05, 3.63) is 70.3 Å². The van der Waals surface area contributed by atoms with E-state index in [-0.39, 0.29) is 28.8 Å². The number of phenolic OH excluding ortho intramolecular Hbond substituents is 1. The number of fused-ring (bicyclic) bond motifs is 2. The minimum Gasteiger partial charge on any atom is -0.507 e. The third kappa shape index (κ3) is 5.78. The lowest BCUT2D eigenvalue weighted by Gasteiger charge is -2.55. The maximum absolute atomic E-state index is 10.9. The summed E-state index contributed by atoms with van der Waals surface area (Å²) in [6.07, 6.45) is 9.59. The van der Waals surface area contributed by atoms with E-state index >= 15 is 0 Å². The summed E-state index contributed by atoms with van der Waals surface area (Å²) in [4.78, 5) is 0. The summed E-state index contributed by atoms with van der Waals surface area (Å²) in [6.45, 7) is 6.44. The summed E-state index contributed by atoms with van der Waals surface area (Å²) >= 11 is 0. The number of aliphatic hydroxyl groups is 1. The largest absolute Gasteiger partial charge is 0.507 e. The van der Waals surface area contributed by atoms with E-state index in [1.54, 1.807) is 34.5 Å². The van der Waals surface area contributed by atoms with Crippen molar-refractivity contribution < 1.29 is 33.9 Å². The SMILES string of the molecule is COc1ccc(/C=C/c2c(O)cc(/C=C/c3cc4c(c(OC)c3)O[C@]3(C)CC[C@@H](O)C(C)(C)[C@H]3C4)cc2OC)cc1OC. The molecule has 3 atom stereocenters. The second kappa shape index (κ2) is 11.9. The van der Waals surface area contributed by atoms with Gasteiger partial charge < -0.3 is 33.9 Å². The zero-order valence-corrected chi connectivity index (χ0v) is 26.1. The Morgan fingerprint density at radius 1 is 0.744 bits per heavy atom. The van der Waals surface area contributed by atoms with Gasteiger partial charge in [-0.25, -0.2) is 0 Å². The van der Waals surface area contributed by atoms with Gasteiger partial charge in [0.05, 0.1) is 40.1 Å². The van der Waals surface area contributed by atoms with Gasteiger partial charge in [0, 0.05) is 5.92 Å².